The highest BCUT2D eigenvalue weighted by molar-refractivity contribution is 6.32. The minimum absolute atomic E-state index is 0.239. The fourth-order valence-corrected chi connectivity index (χ4v) is 2.58. The lowest BCUT2D eigenvalue weighted by Crippen LogP contribution is -2.44. The third-order valence-electron chi connectivity index (χ3n) is 3.40. The van der Waals surface area contributed by atoms with Gasteiger partial charge in [0.05, 0.1) is 6.20 Å². The van der Waals surface area contributed by atoms with Crippen molar-refractivity contribution in [2.75, 3.05) is 25.0 Å². The van der Waals surface area contributed by atoms with Crippen molar-refractivity contribution in [2.45, 2.75) is 39.2 Å². The Morgan fingerprint density at radius 2 is 2.32 bits per heavy atom. The van der Waals surface area contributed by atoms with Crippen molar-refractivity contribution in [2.24, 2.45) is 5.92 Å². The van der Waals surface area contributed by atoms with E-state index in [1.807, 2.05) is 20.8 Å². The fourth-order valence-electron chi connectivity index (χ4n) is 2.41. The number of halogens is 1. The number of aromatic nitrogens is 2. The molecule has 1 N–H and O–H groups in total. The summed E-state index contributed by atoms with van der Waals surface area (Å²) in [6, 6.07) is 0. The van der Waals surface area contributed by atoms with E-state index in [2.05, 4.69) is 15.3 Å². The van der Waals surface area contributed by atoms with Gasteiger partial charge in [-0.3, -0.25) is 0 Å². The molecule has 0 radical (unpaired) electrons. The molecule has 1 aromatic heterocycles. The zero-order chi connectivity index (χ0) is 16.2. The smallest absolute Gasteiger partial charge is 0.410 e. The number of hydrogen-bond acceptors (Lipinski definition) is 5. The number of anilines is 1. The number of ether oxygens (including phenoxy) is 1. The summed E-state index contributed by atoms with van der Waals surface area (Å²) in [6.07, 6.45) is 4.82. The lowest BCUT2D eigenvalue weighted by molar-refractivity contribution is 0.0172. The summed E-state index contributed by atoms with van der Waals surface area (Å²) in [4.78, 5) is 21.9. The van der Waals surface area contributed by atoms with E-state index in [-0.39, 0.29) is 6.09 Å². The Hall–Kier alpha value is -1.56. The van der Waals surface area contributed by atoms with Gasteiger partial charge in [0.2, 0.25) is 0 Å². The maximum Gasteiger partial charge on any atom is 0.410 e. The van der Waals surface area contributed by atoms with Gasteiger partial charge in [0.1, 0.15) is 22.8 Å². The van der Waals surface area contributed by atoms with Crippen LogP contribution in [0.25, 0.3) is 0 Å². The van der Waals surface area contributed by atoms with Crippen LogP contribution in [0.5, 0.6) is 0 Å². The normalized spacial score (nSPS) is 18.9. The lowest BCUT2D eigenvalue weighted by Gasteiger charge is -2.34. The van der Waals surface area contributed by atoms with Crippen molar-refractivity contribution in [1.29, 1.82) is 0 Å². The topological polar surface area (TPSA) is 67.3 Å². The molecule has 0 bridgehead atoms. The van der Waals surface area contributed by atoms with Gasteiger partial charge in [0.25, 0.3) is 0 Å². The van der Waals surface area contributed by atoms with Crippen LogP contribution in [-0.2, 0) is 4.74 Å². The molecule has 1 unspecified atom stereocenters. The monoisotopic (exact) mass is 326 g/mol. The van der Waals surface area contributed by atoms with Gasteiger partial charge in [-0.05, 0) is 39.5 Å². The summed E-state index contributed by atoms with van der Waals surface area (Å²) in [5.74, 6) is 0.985. The molecule has 6 nitrogen and oxygen atoms in total. The highest BCUT2D eigenvalue weighted by Gasteiger charge is 2.27. The van der Waals surface area contributed by atoms with Gasteiger partial charge < -0.3 is 15.0 Å². The van der Waals surface area contributed by atoms with Crippen LogP contribution in [-0.4, -0.2) is 46.2 Å². The Labute approximate surface area is 136 Å². The molecule has 0 aliphatic carbocycles. The number of likely N-dealkylation sites (tertiary alicyclic amines) is 1. The molecule has 0 spiro atoms. The highest BCUT2D eigenvalue weighted by atomic mass is 35.5. The van der Waals surface area contributed by atoms with Crippen LogP contribution in [0.3, 0.4) is 0 Å². The van der Waals surface area contributed by atoms with Crippen molar-refractivity contribution < 1.29 is 9.53 Å². The second kappa shape index (κ2) is 7.13. The van der Waals surface area contributed by atoms with Crippen LogP contribution < -0.4 is 5.32 Å². The Kier molecular flexibility index (Phi) is 5.45. The van der Waals surface area contributed by atoms with Crippen LogP contribution in [0, 0.1) is 5.92 Å². The van der Waals surface area contributed by atoms with E-state index in [4.69, 9.17) is 16.3 Å². The summed E-state index contributed by atoms with van der Waals surface area (Å²) in [7, 11) is 0. The van der Waals surface area contributed by atoms with Crippen LogP contribution in [0.4, 0.5) is 10.6 Å². The van der Waals surface area contributed by atoms with Crippen molar-refractivity contribution in [3.63, 3.8) is 0 Å². The Balaban J connectivity index is 1.86. The molecule has 122 valence electrons. The number of nitrogens with one attached hydrogen (secondary N) is 1. The minimum Gasteiger partial charge on any atom is -0.444 e. The van der Waals surface area contributed by atoms with Crippen LogP contribution in [0.15, 0.2) is 12.5 Å². The summed E-state index contributed by atoms with van der Waals surface area (Å²) in [6.45, 7) is 7.79. The van der Waals surface area contributed by atoms with E-state index in [0.29, 0.717) is 23.3 Å². The number of piperidine rings is 1. The van der Waals surface area contributed by atoms with Gasteiger partial charge in [-0.15, -0.1) is 0 Å². The SMILES string of the molecule is CC(C)(C)OC(=O)N1CCCC(CNc2ncncc2Cl)C1. The number of carbonyl (C=O) groups excluding carboxylic acids is 1. The molecule has 22 heavy (non-hydrogen) atoms. The number of amides is 1. The second-order valence-corrected chi connectivity index (χ2v) is 6.94. The van der Waals surface area contributed by atoms with Gasteiger partial charge in [0, 0.05) is 19.6 Å². The molecular weight excluding hydrogens is 304 g/mol. The standard InChI is InChI=1S/C15H23ClN4O2/c1-15(2,3)22-14(21)20-6-4-5-11(9-20)7-18-13-12(16)8-17-10-19-13/h8,10-11H,4-7,9H2,1-3H3,(H,17,18,19). The van der Waals surface area contributed by atoms with E-state index in [0.717, 1.165) is 25.9 Å². The van der Waals surface area contributed by atoms with Crippen LogP contribution >= 0.6 is 11.6 Å². The Morgan fingerprint density at radius 3 is 3.00 bits per heavy atom. The van der Waals surface area contributed by atoms with Gasteiger partial charge in [-0.1, -0.05) is 11.6 Å². The first-order valence-corrected chi connectivity index (χ1v) is 7.90. The van der Waals surface area contributed by atoms with E-state index in [9.17, 15) is 4.79 Å². The Bertz CT molecular complexity index is 519. The molecule has 1 atom stereocenters. The molecular formula is C15H23ClN4O2. The van der Waals surface area contributed by atoms with E-state index in [1.165, 1.54) is 6.33 Å². The fraction of sp³-hybridized carbons (Fsp3) is 0.667. The maximum atomic E-state index is 12.1. The zero-order valence-electron chi connectivity index (χ0n) is 13.3. The van der Waals surface area contributed by atoms with Gasteiger partial charge in [0.15, 0.2) is 0 Å². The molecule has 2 heterocycles. The van der Waals surface area contributed by atoms with E-state index >= 15 is 0 Å². The first kappa shape index (κ1) is 16.8. The first-order chi connectivity index (χ1) is 10.3. The molecule has 1 aromatic rings. The quantitative estimate of drug-likeness (QED) is 0.924. The second-order valence-electron chi connectivity index (χ2n) is 6.53. The third kappa shape index (κ3) is 5.02. The summed E-state index contributed by atoms with van der Waals surface area (Å²) in [5.41, 5.74) is -0.462. The number of rotatable bonds is 3. The predicted octanol–water partition coefficient (Wildman–Crippen LogP) is 3.19. The predicted molar refractivity (Wildman–Crippen MR) is 86.1 cm³/mol. The van der Waals surface area contributed by atoms with Crippen LogP contribution in [0.2, 0.25) is 5.02 Å². The molecule has 0 saturated carbocycles. The average Bonchev–Trinajstić information content (AvgIpc) is 2.45. The number of hydrogen-bond donors (Lipinski definition) is 1. The van der Waals surface area contributed by atoms with E-state index in [1.54, 1.807) is 11.1 Å². The summed E-state index contributed by atoms with van der Waals surface area (Å²) < 4.78 is 5.43. The number of carbonyl (C=O) groups is 1. The molecule has 7 heteroatoms. The third-order valence-corrected chi connectivity index (χ3v) is 3.67. The van der Waals surface area contributed by atoms with Crippen molar-refractivity contribution in [1.82, 2.24) is 14.9 Å². The zero-order valence-corrected chi connectivity index (χ0v) is 14.1. The van der Waals surface area contributed by atoms with Crippen molar-refractivity contribution in [3.05, 3.63) is 17.5 Å². The molecule has 1 amide bonds. The molecule has 1 saturated heterocycles. The highest BCUT2D eigenvalue weighted by Crippen LogP contribution is 2.21. The summed E-state index contributed by atoms with van der Waals surface area (Å²) in [5, 5.41) is 3.73. The largest absolute Gasteiger partial charge is 0.444 e. The molecule has 1 aliphatic heterocycles. The molecule has 1 fully saturated rings. The van der Waals surface area contributed by atoms with Gasteiger partial charge in [-0.2, -0.15) is 0 Å². The van der Waals surface area contributed by atoms with Gasteiger partial charge >= 0.3 is 6.09 Å². The molecule has 2 rings (SSSR count). The number of nitrogens with zero attached hydrogens (tertiary/aromatic N) is 3. The minimum atomic E-state index is -0.462. The average molecular weight is 327 g/mol. The van der Waals surface area contributed by atoms with Gasteiger partial charge in [-0.25, -0.2) is 14.8 Å². The van der Waals surface area contributed by atoms with E-state index < -0.39 is 5.60 Å². The van der Waals surface area contributed by atoms with Crippen molar-refractivity contribution >= 4 is 23.5 Å². The molecule has 1 aliphatic rings. The molecule has 0 aromatic carbocycles. The lowest BCUT2D eigenvalue weighted by atomic mass is 9.98. The maximum absolute atomic E-state index is 12.1. The summed E-state index contributed by atoms with van der Waals surface area (Å²) >= 11 is 6.02. The first-order valence-electron chi connectivity index (χ1n) is 7.52. The van der Waals surface area contributed by atoms with Crippen LogP contribution in [0.1, 0.15) is 33.6 Å². The Morgan fingerprint density at radius 1 is 1.55 bits per heavy atom. The van der Waals surface area contributed by atoms with Crippen molar-refractivity contribution in [3.8, 4) is 0 Å².